The first-order valence-corrected chi connectivity index (χ1v) is 7.67. The third-order valence-electron chi connectivity index (χ3n) is 4.45. The van der Waals surface area contributed by atoms with Gasteiger partial charge in [0.2, 0.25) is 0 Å². The predicted octanol–water partition coefficient (Wildman–Crippen LogP) is 2.19. The Morgan fingerprint density at radius 3 is 2.80 bits per heavy atom. The number of benzene rings is 1. The van der Waals surface area contributed by atoms with Crippen molar-refractivity contribution in [3.8, 4) is 11.5 Å². The Morgan fingerprint density at radius 2 is 2.05 bits per heavy atom. The molecule has 4 heteroatoms. The third-order valence-corrected chi connectivity index (χ3v) is 4.45. The van der Waals surface area contributed by atoms with Gasteiger partial charge in [-0.3, -0.25) is 4.90 Å². The molecule has 1 aromatic carbocycles. The van der Waals surface area contributed by atoms with E-state index in [1.165, 1.54) is 12.0 Å². The average molecular weight is 276 g/mol. The number of likely N-dealkylation sites (tertiary alicyclic amines) is 1. The van der Waals surface area contributed by atoms with E-state index < -0.39 is 0 Å². The van der Waals surface area contributed by atoms with E-state index in [0.29, 0.717) is 12.0 Å². The Kier molecular flexibility index (Phi) is 4.13. The van der Waals surface area contributed by atoms with Gasteiger partial charge >= 0.3 is 0 Å². The molecule has 2 atom stereocenters. The van der Waals surface area contributed by atoms with Crippen molar-refractivity contribution in [3.05, 3.63) is 23.8 Å². The molecule has 2 aliphatic heterocycles. The van der Waals surface area contributed by atoms with Crippen molar-refractivity contribution in [2.75, 3.05) is 32.8 Å². The quantitative estimate of drug-likeness (QED) is 0.919. The van der Waals surface area contributed by atoms with Gasteiger partial charge in [0.05, 0.1) is 13.2 Å². The maximum absolute atomic E-state index is 5.96. The van der Waals surface area contributed by atoms with Crippen LogP contribution in [0.25, 0.3) is 0 Å². The topological polar surface area (TPSA) is 47.7 Å². The molecule has 3 rings (SSSR count). The van der Waals surface area contributed by atoms with Crippen molar-refractivity contribution in [2.45, 2.75) is 25.8 Å². The second-order valence-corrected chi connectivity index (χ2v) is 5.61. The summed E-state index contributed by atoms with van der Waals surface area (Å²) in [6.45, 7) is 6.64. The fourth-order valence-corrected chi connectivity index (χ4v) is 3.38. The van der Waals surface area contributed by atoms with Crippen LogP contribution in [0.2, 0.25) is 0 Å². The lowest BCUT2D eigenvalue weighted by Gasteiger charge is -2.27. The van der Waals surface area contributed by atoms with Crippen LogP contribution < -0.4 is 15.2 Å². The van der Waals surface area contributed by atoms with Crippen molar-refractivity contribution in [1.82, 2.24) is 4.90 Å². The van der Waals surface area contributed by atoms with E-state index in [1.54, 1.807) is 0 Å². The van der Waals surface area contributed by atoms with Crippen LogP contribution in [0.5, 0.6) is 11.5 Å². The fourth-order valence-electron chi connectivity index (χ4n) is 3.38. The normalized spacial score (nSPS) is 26.5. The van der Waals surface area contributed by atoms with Crippen LogP contribution in [-0.4, -0.2) is 37.7 Å². The van der Waals surface area contributed by atoms with E-state index in [0.717, 1.165) is 50.8 Å². The lowest BCUT2D eigenvalue weighted by molar-refractivity contribution is 0.241. The lowest BCUT2D eigenvalue weighted by atomic mass is 9.93. The van der Waals surface area contributed by atoms with Gasteiger partial charge in [-0.1, -0.05) is 13.0 Å². The highest BCUT2D eigenvalue weighted by Crippen LogP contribution is 2.40. The van der Waals surface area contributed by atoms with E-state index in [4.69, 9.17) is 15.2 Å². The Labute approximate surface area is 120 Å². The molecule has 2 N–H and O–H groups in total. The third kappa shape index (κ3) is 2.50. The maximum Gasteiger partial charge on any atom is 0.161 e. The predicted molar refractivity (Wildman–Crippen MR) is 79.2 cm³/mol. The summed E-state index contributed by atoms with van der Waals surface area (Å²) in [7, 11) is 0. The van der Waals surface area contributed by atoms with Gasteiger partial charge in [0.15, 0.2) is 11.5 Å². The van der Waals surface area contributed by atoms with Crippen molar-refractivity contribution in [1.29, 1.82) is 0 Å². The van der Waals surface area contributed by atoms with Crippen LogP contribution in [0.1, 0.15) is 31.4 Å². The van der Waals surface area contributed by atoms with Crippen LogP contribution in [0.15, 0.2) is 18.2 Å². The zero-order valence-corrected chi connectivity index (χ0v) is 12.2. The zero-order chi connectivity index (χ0) is 13.9. The first kappa shape index (κ1) is 13.7. The van der Waals surface area contributed by atoms with E-state index >= 15 is 0 Å². The van der Waals surface area contributed by atoms with Gasteiger partial charge in [0, 0.05) is 12.5 Å². The molecule has 110 valence electrons. The van der Waals surface area contributed by atoms with Crippen molar-refractivity contribution >= 4 is 0 Å². The molecule has 2 heterocycles. The van der Waals surface area contributed by atoms with Gasteiger partial charge in [-0.15, -0.1) is 0 Å². The molecule has 1 aromatic rings. The van der Waals surface area contributed by atoms with Gasteiger partial charge in [0.1, 0.15) is 0 Å². The number of rotatable bonds is 3. The molecule has 0 saturated carbocycles. The molecule has 0 bridgehead atoms. The molecule has 0 amide bonds. The Morgan fingerprint density at radius 1 is 1.25 bits per heavy atom. The molecule has 2 aliphatic rings. The monoisotopic (exact) mass is 276 g/mol. The zero-order valence-electron chi connectivity index (χ0n) is 12.2. The minimum absolute atomic E-state index is 0.419. The number of hydrogen-bond donors (Lipinski definition) is 1. The van der Waals surface area contributed by atoms with Crippen LogP contribution >= 0.6 is 0 Å². The van der Waals surface area contributed by atoms with Gasteiger partial charge in [-0.05, 0) is 49.7 Å². The van der Waals surface area contributed by atoms with Gasteiger partial charge in [0.25, 0.3) is 0 Å². The van der Waals surface area contributed by atoms with Crippen molar-refractivity contribution in [2.24, 2.45) is 11.7 Å². The fraction of sp³-hybridized carbons (Fsp3) is 0.625. The number of ether oxygens (including phenoxy) is 2. The highest BCUT2D eigenvalue weighted by atomic mass is 16.5. The van der Waals surface area contributed by atoms with Crippen LogP contribution in [0, 0.1) is 5.92 Å². The highest BCUT2D eigenvalue weighted by Gasteiger charge is 2.33. The molecule has 0 radical (unpaired) electrons. The molecule has 2 unspecified atom stereocenters. The summed E-state index contributed by atoms with van der Waals surface area (Å²) in [6, 6.07) is 6.80. The summed E-state index contributed by atoms with van der Waals surface area (Å²) in [4.78, 5) is 2.51. The molecule has 20 heavy (non-hydrogen) atoms. The van der Waals surface area contributed by atoms with Crippen LogP contribution in [-0.2, 0) is 0 Å². The molecule has 0 aliphatic carbocycles. The van der Waals surface area contributed by atoms with Gasteiger partial charge in [-0.25, -0.2) is 0 Å². The SMILES string of the molecule is CCN1CCC(CN)C1c1ccc2c(c1)OCCCO2. The Hall–Kier alpha value is -1.26. The van der Waals surface area contributed by atoms with Crippen molar-refractivity contribution in [3.63, 3.8) is 0 Å². The van der Waals surface area contributed by atoms with Crippen LogP contribution in [0.4, 0.5) is 0 Å². The number of fused-ring (bicyclic) bond motifs is 1. The molecular formula is C16H24N2O2. The highest BCUT2D eigenvalue weighted by molar-refractivity contribution is 5.44. The standard InChI is InChI=1S/C16H24N2O2/c1-2-18-7-6-13(11-17)16(18)12-4-5-14-15(10-12)20-9-3-8-19-14/h4-5,10,13,16H,2-3,6-9,11,17H2,1H3. The van der Waals surface area contributed by atoms with Crippen molar-refractivity contribution < 1.29 is 9.47 Å². The summed E-state index contributed by atoms with van der Waals surface area (Å²) in [5.41, 5.74) is 7.27. The summed E-state index contributed by atoms with van der Waals surface area (Å²) in [5.74, 6) is 2.30. The van der Waals surface area contributed by atoms with E-state index in [-0.39, 0.29) is 0 Å². The summed E-state index contributed by atoms with van der Waals surface area (Å²) in [5, 5.41) is 0. The van der Waals surface area contributed by atoms with Gasteiger partial charge in [-0.2, -0.15) is 0 Å². The Balaban J connectivity index is 1.90. The number of hydrogen-bond acceptors (Lipinski definition) is 4. The minimum atomic E-state index is 0.419. The second-order valence-electron chi connectivity index (χ2n) is 5.61. The molecule has 1 fully saturated rings. The number of nitrogens with two attached hydrogens (primary N) is 1. The molecule has 0 spiro atoms. The van der Waals surface area contributed by atoms with E-state index in [2.05, 4.69) is 30.0 Å². The minimum Gasteiger partial charge on any atom is -0.490 e. The summed E-state index contributed by atoms with van der Waals surface area (Å²) < 4.78 is 11.5. The Bertz CT molecular complexity index is 452. The van der Waals surface area contributed by atoms with Gasteiger partial charge < -0.3 is 15.2 Å². The molecule has 1 saturated heterocycles. The van der Waals surface area contributed by atoms with Crippen LogP contribution in [0.3, 0.4) is 0 Å². The molecular weight excluding hydrogens is 252 g/mol. The maximum atomic E-state index is 5.96. The van der Waals surface area contributed by atoms with E-state index in [1.807, 2.05) is 0 Å². The average Bonchev–Trinajstić information content (AvgIpc) is 2.76. The lowest BCUT2D eigenvalue weighted by Crippen LogP contribution is -2.28. The van der Waals surface area contributed by atoms with E-state index in [9.17, 15) is 0 Å². The molecule has 4 nitrogen and oxygen atoms in total. The molecule has 0 aromatic heterocycles. The number of nitrogens with zero attached hydrogens (tertiary/aromatic N) is 1. The summed E-state index contributed by atoms with van der Waals surface area (Å²) >= 11 is 0. The first-order chi connectivity index (χ1) is 9.83. The summed E-state index contributed by atoms with van der Waals surface area (Å²) in [6.07, 6.45) is 2.13. The largest absolute Gasteiger partial charge is 0.490 e. The smallest absolute Gasteiger partial charge is 0.161 e. The second kappa shape index (κ2) is 6.02. The first-order valence-electron chi connectivity index (χ1n) is 7.67.